The molecule has 2 amide bonds. The molecule has 4 rings (SSSR count). The van der Waals surface area contributed by atoms with Gasteiger partial charge in [0.1, 0.15) is 0 Å². The van der Waals surface area contributed by atoms with Crippen LogP contribution in [0.4, 0.5) is 18.0 Å². The highest BCUT2D eigenvalue weighted by Crippen LogP contribution is 2.35. The smallest absolute Gasteiger partial charge is 0.378 e. The summed E-state index contributed by atoms with van der Waals surface area (Å²) >= 11 is 0. The summed E-state index contributed by atoms with van der Waals surface area (Å²) in [6, 6.07) is 5.25. The van der Waals surface area contributed by atoms with Crippen LogP contribution in [0.3, 0.4) is 0 Å². The van der Waals surface area contributed by atoms with Crippen molar-refractivity contribution < 1.29 is 26.9 Å². The Morgan fingerprint density at radius 2 is 1.67 bits per heavy atom. The van der Waals surface area contributed by atoms with Crippen LogP contribution >= 0.6 is 0 Å². The Balaban J connectivity index is 1.49. The third-order valence-corrected chi connectivity index (χ3v) is 9.14. The molecule has 1 aromatic carbocycles. The number of urea groups is 1. The first-order valence-corrected chi connectivity index (χ1v) is 13.4. The van der Waals surface area contributed by atoms with E-state index >= 15 is 0 Å². The molecule has 2 aliphatic heterocycles. The predicted octanol–water partition coefficient (Wildman–Crippen LogP) is 4.64. The summed E-state index contributed by atoms with van der Waals surface area (Å²) in [6.07, 6.45) is 1.80. The molecule has 184 valence electrons. The second-order valence-electron chi connectivity index (χ2n) is 9.51. The summed E-state index contributed by atoms with van der Waals surface area (Å²) < 4.78 is 57.5. The Labute approximate surface area is 196 Å². The van der Waals surface area contributed by atoms with E-state index in [-0.39, 0.29) is 23.1 Å². The Morgan fingerprint density at radius 3 is 2.30 bits per heavy atom. The van der Waals surface area contributed by atoms with Crippen molar-refractivity contribution >= 4 is 16.8 Å². The van der Waals surface area contributed by atoms with E-state index in [0.29, 0.717) is 45.1 Å². The summed E-state index contributed by atoms with van der Waals surface area (Å²) in [5.41, 5.74) is 0.134. The van der Waals surface area contributed by atoms with Crippen LogP contribution in [0.1, 0.15) is 55.6 Å². The van der Waals surface area contributed by atoms with Gasteiger partial charge in [0.15, 0.2) is 0 Å². The maximum absolute atomic E-state index is 13.2. The molecule has 3 fully saturated rings. The van der Waals surface area contributed by atoms with Crippen LogP contribution in [0.25, 0.3) is 0 Å². The highest BCUT2D eigenvalue weighted by atomic mass is 32.2. The largest absolute Gasteiger partial charge is 0.416 e. The van der Waals surface area contributed by atoms with Gasteiger partial charge < -0.3 is 14.5 Å². The number of alkyl halides is 3. The van der Waals surface area contributed by atoms with E-state index in [9.17, 15) is 22.2 Å². The van der Waals surface area contributed by atoms with Crippen molar-refractivity contribution in [1.82, 2.24) is 9.80 Å². The van der Waals surface area contributed by atoms with Crippen molar-refractivity contribution in [3.63, 3.8) is 0 Å². The number of likely N-dealkylation sites (tertiary alicyclic amines) is 1. The van der Waals surface area contributed by atoms with Gasteiger partial charge in [-0.2, -0.15) is 13.2 Å². The Hall–Kier alpha value is -1.61. The molecule has 1 saturated carbocycles. The second-order valence-corrected chi connectivity index (χ2v) is 11.3. The van der Waals surface area contributed by atoms with Crippen molar-refractivity contribution in [1.29, 1.82) is 0 Å². The molecule has 0 N–H and O–H groups in total. The number of benzene rings is 1. The molecule has 0 bridgehead atoms. The number of morpholine rings is 1. The number of ether oxygens (including phenoxy) is 1. The van der Waals surface area contributed by atoms with Gasteiger partial charge in [0, 0.05) is 53.9 Å². The van der Waals surface area contributed by atoms with Crippen molar-refractivity contribution in [3.8, 4) is 0 Å². The number of rotatable bonds is 4. The fraction of sp³-hybridized carbons (Fsp3) is 0.708. The first-order chi connectivity index (χ1) is 15.8. The summed E-state index contributed by atoms with van der Waals surface area (Å²) in [7, 11) is -0.944. The number of hydrogen-bond acceptors (Lipinski definition) is 3. The van der Waals surface area contributed by atoms with E-state index < -0.39 is 22.5 Å². The molecule has 1 aliphatic carbocycles. The molecular weight excluding hydrogens is 453 g/mol. The van der Waals surface area contributed by atoms with Crippen molar-refractivity contribution in [2.24, 2.45) is 5.92 Å². The molecule has 9 heteroatoms. The molecule has 3 unspecified atom stereocenters. The molecule has 33 heavy (non-hydrogen) atoms. The van der Waals surface area contributed by atoms with Gasteiger partial charge in [-0.1, -0.05) is 31.4 Å². The minimum Gasteiger partial charge on any atom is -0.378 e. The standard InChI is InChI=1S/C24H33F3N2O3S/c25-24(26,27)21-8-6-19(7-9-21)20-14-18(17-33(31)22-4-2-1-3-5-22)15-29(16-20)23(30)28-10-12-32-13-11-28/h6-9,18,20,22H,1-5,10-17H2. The third-order valence-electron chi connectivity index (χ3n) is 7.12. The van der Waals surface area contributed by atoms with E-state index in [1.54, 1.807) is 4.90 Å². The van der Waals surface area contributed by atoms with Crippen LogP contribution in [0.2, 0.25) is 0 Å². The molecule has 1 aromatic rings. The number of halogens is 3. The summed E-state index contributed by atoms with van der Waals surface area (Å²) in [5.74, 6) is 0.549. The van der Waals surface area contributed by atoms with Gasteiger partial charge >= 0.3 is 12.2 Å². The minimum absolute atomic E-state index is 0.0524. The average molecular weight is 487 g/mol. The van der Waals surface area contributed by atoms with Gasteiger partial charge in [-0.3, -0.25) is 4.21 Å². The van der Waals surface area contributed by atoms with Gasteiger partial charge in [0.2, 0.25) is 0 Å². The quantitative estimate of drug-likeness (QED) is 0.623. The maximum atomic E-state index is 13.2. The number of nitrogens with zero attached hydrogens (tertiary/aromatic N) is 2. The lowest BCUT2D eigenvalue weighted by Crippen LogP contribution is -2.53. The summed E-state index contributed by atoms with van der Waals surface area (Å²) in [4.78, 5) is 16.8. The van der Waals surface area contributed by atoms with Crippen LogP contribution in [0.15, 0.2) is 24.3 Å². The lowest BCUT2D eigenvalue weighted by atomic mass is 9.85. The normalized spacial score (nSPS) is 26.3. The number of carbonyl (C=O) groups is 1. The molecule has 3 aliphatic rings. The number of hydrogen-bond donors (Lipinski definition) is 0. The third kappa shape index (κ3) is 6.29. The van der Waals surface area contributed by atoms with Gasteiger partial charge in [-0.05, 0) is 42.9 Å². The Kier molecular flexibility index (Phi) is 7.99. The molecule has 0 radical (unpaired) electrons. The fourth-order valence-electron chi connectivity index (χ4n) is 5.32. The Morgan fingerprint density at radius 1 is 1.00 bits per heavy atom. The van der Waals surface area contributed by atoms with E-state index in [1.807, 2.05) is 4.90 Å². The molecule has 0 spiro atoms. The van der Waals surface area contributed by atoms with Crippen LogP contribution in [-0.2, 0) is 21.7 Å². The topological polar surface area (TPSA) is 49.9 Å². The highest BCUT2D eigenvalue weighted by Gasteiger charge is 2.36. The number of piperidine rings is 1. The SMILES string of the molecule is O=C(N1CCOCC1)N1CC(CS(=O)C2CCCCC2)CC(c2ccc(C(F)(F)F)cc2)C1. The lowest BCUT2D eigenvalue weighted by Gasteiger charge is -2.41. The van der Waals surface area contributed by atoms with Crippen molar-refractivity contribution in [2.45, 2.75) is 55.9 Å². The Bertz CT molecular complexity index is 821. The molecule has 2 saturated heterocycles. The summed E-state index contributed by atoms with van der Waals surface area (Å²) in [5, 5.41) is 0.230. The zero-order valence-corrected chi connectivity index (χ0v) is 19.7. The van der Waals surface area contributed by atoms with Crippen molar-refractivity contribution in [3.05, 3.63) is 35.4 Å². The summed E-state index contributed by atoms with van der Waals surface area (Å²) in [6.45, 7) is 3.12. The van der Waals surface area contributed by atoms with Crippen LogP contribution in [-0.4, -0.2) is 70.4 Å². The fourth-order valence-corrected chi connectivity index (χ4v) is 7.15. The molecule has 3 atom stereocenters. The lowest BCUT2D eigenvalue weighted by molar-refractivity contribution is -0.137. The van der Waals surface area contributed by atoms with Gasteiger partial charge in [-0.25, -0.2) is 4.79 Å². The minimum atomic E-state index is -4.37. The van der Waals surface area contributed by atoms with Gasteiger partial charge in [0.05, 0.1) is 18.8 Å². The van der Waals surface area contributed by atoms with E-state index in [2.05, 4.69) is 0 Å². The molecule has 0 aromatic heterocycles. The van der Waals surface area contributed by atoms with E-state index in [4.69, 9.17) is 4.74 Å². The zero-order valence-electron chi connectivity index (χ0n) is 18.9. The highest BCUT2D eigenvalue weighted by molar-refractivity contribution is 7.85. The molecule has 2 heterocycles. The van der Waals surface area contributed by atoms with E-state index in [1.165, 1.54) is 18.6 Å². The van der Waals surface area contributed by atoms with Crippen LogP contribution in [0, 0.1) is 5.92 Å². The molecule has 5 nitrogen and oxygen atoms in total. The van der Waals surface area contributed by atoms with Gasteiger partial charge in [0.25, 0.3) is 0 Å². The molecular formula is C24H33F3N2O3S. The predicted molar refractivity (Wildman–Crippen MR) is 122 cm³/mol. The van der Waals surface area contributed by atoms with Gasteiger partial charge in [-0.15, -0.1) is 0 Å². The second kappa shape index (κ2) is 10.8. The monoisotopic (exact) mass is 486 g/mol. The number of carbonyl (C=O) groups excluding carboxylic acids is 1. The van der Waals surface area contributed by atoms with E-state index in [0.717, 1.165) is 49.8 Å². The maximum Gasteiger partial charge on any atom is 0.416 e. The van der Waals surface area contributed by atoms with Crippen LogP contribution in [0.5, 0.6) is 0 Å². The average Bonchev–Trinajstić information content (AvgIpc) is 2.84. The number of amides is 2. The first kappa shape index (κ1) is 24.5. The first-order valence-electron chi connectivity index (χ1n) is 12.0. The zero-order chi connectivity index (χ0) is 23.4. The van der Waals surface area contributed by atoms with Crippen LogP contribution < -0.4 is 0 Å². The van der Waals surface area contributed by atoms with Crippen molar-refractivity contribution in [2.75, 3.05) is 45.1 Å².